The summed E-state index contributed by atoms with van der Waals surface area (Å²) in [6, 6.07) is 7.35. The van der Waals surface area contributed by atoms with Gasteiger partial charge in [0.1, 0.15) is 0 Å². The van der Waals surface area contributed by atoms with E-state index in [9.17, 15) is 8.42 Å². The summed E-state index contributed by atoms with van der Waals surface area (Å²) < 4.78 is 22.5. The van der Waals surface area contributed by atoms with Crippen LogP contribution in [0.2, 0.25) is 0 Å². The SMILES string of the molecule is CS(=O)(=O)c1ccc(NC2CC=CC2)cc1. The van der Waals surface area contributed by atoms with Gasteiger partial charge >= 0.3 is 0 Å². The van der Waals surface area contributed by atoms with Gasteiger partial charge in [0.15, 0.2) is 9.84 Å². The van der Waals surface area contributed by atoms with Crippen LogP contribution in [0.15, 0.2) is 41.3 Å². The second-order valence-electron chi connectivity index (χ2n) is 4.08. The van der Waals surface area contributed by atoms with E-state index in [2.05, 4.69) is 17.5 Å². The average Bonchev–Trinajstić information content (AvgIpc) is 2.70. The zero-order valence-corrected chi connectivity index (χ0v) is 10.00. The standard InChI is InChI=1S/C12H15NO2S/c1-16(14,15)12-8-6-11(7-9-12)13-10-4-2-3-5-10/h2-3,6-10,13H,4-5H2,1H3. The van der Waals surface area contributed by atoms with Crippen LogP contribution in [-0.4, -0.2) is 20.7 Å². The lowest BCUT2D eigenvalue weighted by Crippen LogP contribution is -2.14. The van der Waals surface area contributed by atoms with Gasteiger partial charge in [-0.1, -0.05) is 12.2 Å². The molecule has 16 heavy (non-hydrogen) atoms. The first kappa shape index (κ1) is 11.2. The van der Waals surface area contributed by atoms with E-state index < -0.39 is 9.84 Å². The minimum Gasteiger partial charge on any atom is -0.382 e. The van der Waals surface area contributed by atoms with Crippen LogP contribution in [0.25, 0.3) is 0 Å². The first-order valence-electron chi connectivity index (χ1n) is 5.27. The Kier molecular flexibility index (Phi) is 3.01. The Balaban J connectivity index is 2.07. The molecule has 2 rings (SSSR count). The molecule has 1 aromatic carbocycles. The van der Waals surface area contributed by atoms with Gasteiger partial charge in [0.05, 0.1) is 4.90 Å². The lowest BCUT2D eigenvalue weighted by Gasteiger charge is -2.13. The normalized spacial score (nSPS) is 16.6. The van der Waals surface area contributed by atoms with Crippen molar-refractivity contribution in [2.75, 3.05) is 11.6 Å². The molecule has 86 valence electrons. The number of hydrogen-bond acceptors (Lipinski definition) is 3. The Morgan fingerprint density at radius 3 is 2.19 bits per heavy atom. The maximum absolute atomic E-state index is 11.3. The van der Waals surface area contributed by atoms with Crippen molar-refractivity contribution in [1.29, 1.82) is 0 Å². The molecule has 1 aromatic rings. The predicted molar refractivity (Wildman–Crippen MR) is 65.3 cm³/mol. The van der Waals surface area contributed by atoms with Gasteiger partial charge in [-0.15, -0.1) is 0 Å². The highest BCUT2D eigenvalue weighted by molar-refractivity contribution is 7.90. The monoisotopic (exact) mass is 237 g/mol. The molecule has 1 N–H and O–H groups in total. The lowest BCUT2D eigenvalue weighted by molar-refractivity contribution is 0.602. The molecule has 0 spiro atoms. The number of nitrogens with one attached hydrogen (secondary N) is 1. The van der Waals surface area contributed by atoms with Crippen LogP contribution in [0.5, 0.6) is 0 Å². The molecule has 3 nitrogen and oxygen atoms in total. The Hall–Kier alpha value is -1.29. The summed E-state index contributed by atoms with van der Waals surface area (Å²) in [5, 5.41) is 3.36. The number of benzene rings is 1. The Labute approximate surface area is 96.1 Å². The van der Waals surface area contributed by atoms with Crippen molar-refractivity contribution in [3.63, 3.8) is 0 Å². The molecule has 0 saturated heterocycles. The number of sulfone groups is 1. The molecule has 0 amide bonds. The first-order valence-corrected chi connectivity index (χ1v) is 7.16. The van der Waals surface area contributed by atoms with Gasteiger partial charge in [0.2, 0.25) is 0 Å². The molecule has 0 unspecified atom stereocenters. The summed E-state index contributed by atoms with van der Waals surface area (Å²) in [5.74, 6) is 0. The van der Waals surface area contributed by atoms with Crippen molar-refractivity contribution in [3.05, 3.63) is 36.4 Å². The smallest absolute Gasteiger partial charge is 0.175 e. The second-order valence-corrected chi connectivity index (χ2v) is 6.10. The van der Waals surface area contributed by atoms with Crippen molar-refractivity contribution < 1.29 is 8.42 Å². The minimum absolute atomic E-state index is 0.364. The fraction of sp³-hybridized carbons (Fsp3) is 0.333. The molecule has 0 bridgehead atoms. The Bertz CT molecular complexity index is 480. The van der Waals surface area contributed by atoms with Gasteiger partial charge < -0.3 is 5.32 Å². The molecule has 0 fully saturated rings. The van der Waals surface area contributed by atoms with E-state index in [0.29, 0.717) is 10.9 Å². The quantitative estimate of drug-likeness (QED) is 0.820. The molecule has 1 aliphatic carbocycles. The minimum atomic E-state index is -3.09. The van der Waals surface area contributed by atoms with Crippen LogP contribution in [0, 0.1) is 0 Å². The van der Waals surface area contributed by atoms with Crippen molar-refractivity contribution >= 4 is 15.5 Å². The van der Waals surface area contributed by atoms with Gasteiger partial charge in [0.25, 0.3) is 0 Å². The average molecular weight is 237 g/mol. The van der Waals surface area contributed by atoms with Crippen molar-refractivity contribution in [2.45, 2.75) is 23.8 Å². The van der Waals surface area contributed by atoms with Crippen LogP contribution in [0.1, 0.15) is 12.8 Å². The van der Waals surface area contributed by atoms with E-state index in [-0.39, 0.29) is 0 Å². The molecular formula is C12H15NO2S. The molecule has 0 saturated carbocycles. The highest BCUT2D eigenvalue weighted by Crippen LogP contribution is 2.18. The van der Waals surface area contributed by atoms with Crippen molar-refractivity contribution in [2.24, 2.45) is 0 Å². The van der Waals surface area contributed by atoms with E-state index in [1.807, 2.05) is 12.1 Å². The molecule has 0 heterocycles. The number of anilines is 1. The van der Waals surface area contributed by atoms with E-state index >= 15 is 0 Å². The lowest BCUT2D eigenvalue weighted by atomic mass is 10.2. The Morgan fingerprint density at radius 1 is 1.12 bits per heavy atom. The fourth-order valence-electron chi connectivity index (χ4n) is 1.77. The molecule has 1 aliphatic rings. The molecule has 0 radical (unpaired) electrons. The first-order chi connectivity index (χ1) is 7.55. The highest BCUT2D eigenvalue weighted by Gasteiger charge is 2.10. The summed E-state index contributed by atoms with van der Waals surface area (Å²) in [6.45, 7) is 0. The number of rotatable bonds is 3. The summed E-state index contributed by atoms with van der Waals surface area (Å²) in [6.07, 6.45) is 7.60. The van der Waals surface area contributed by atoms with E-state index in [1.54, 1.807) is 12.1 Å². The third-order valence-electron chi connectivity index (χ3n) is 2.66. The van der Waals surface area contributed by atoms with Crippen LogP contribution >= 0.6 is 0 Å². The van der Waals surface area contributed by atoms with Crippen LogP contribution in [0.3, 0.4) is 0 Å². The molecular weight excluding hydrogens is 222 g/mol. The van der Waals surface area contributed by atoms with Crippen molar-refractivity contribution in [1.82, 2.24) is 0 Å². The molecule has 0 aliphatic heterocycles. The van der Waals surface area contributed by atoms with Gasteiger partial charge in [-0.2, -0.15) is 0 Å². The third kappa shape index (κ3) is 2.64. The molecule has 0 atom stereocenters. The van der Waals surface area contributed by atoms with Gasteiger partial charge in [-0.25, -0.2) is 8.42 Å². The van der Waals surface area contributed by atoms with Gasteiger partial charge in [-0.05, 0) is 37.1 Å². The third-order valence-corrected chi connectivity index (χ3v) is 3.79. The van der Waals surface area contributed by atoms with Crippen LogP contribution in [0.4, 0.5) is 5.69 Å². The van der Waals surface area contributed by atoms with Crippen LogP contribution < -0.4 is 5.32 Å². The maximum atomic E-state index is 11.3. The predicted octanol–water partition coefficient (Wildman–Crippen LogP) is 2.22. The largest absolute Gasteiger partial charge is 0.382 e. The molecule has 0 aromatic heterocycles. The fourth-order valence-corrected chi connectivity index (χ4v) is 2.40. The summed E-state index contributed by atoms with van der Waals surface area (Å²) in [7, 11) is -3.09. The zero-order chi connectivity index (χ0) is 11.6. The Morgan fingerprint density at radius 2 is 1.69 bits per heavy atom. The van der Waals surface area contributed by atoms with E-state index in [1.165, 1.54) is 6.26 Å². The van der Waals surface area contributed by atoms with E-state index in [4.69, 9.17) is 0 Å². The second kappa shape index (κ2) is 4.29. The summed E-state index contributed by atoms with van der Waals surface area (Å²) >= 11 is 0. The summed E-state index contributed by atoms with van der Waals surface area (Å²) in [5.41, 5.74) is 0.973. The zero-order valence-electron chi connectivity index (χ0n) is 9.18. The highest BCUT2D eigenvalue weighted by atomic mass is 32.2. The van der Waals surface area contributed by atoms with Crippen LogP contribution in [-0.2, 0) is 9.84 Å². The van der Waals surface area contributed by atoms with Gasteiger partial charge in [-0.3, -0.25) is 0 Å². The van der Waals surface area contributed by atoms with Gasteiger partial charge in [0, 0.05) is 18.0 Å². The number of hydrogen-bond donors (Lipinski definition) is 1. The van der Waals surface area contributed by atoms with Crippen molar-refractivity contribution in [3.8, 4) is 0 Å². The van der Waals surface area contributed by atoms with E-state index in [0.717, 1.165) is 18.5 Å². The molecule has 4 heteroatoms. The summed E-state index contributed by atoms with van der Waals surface area (Å²) in [4.78, 5) is 0.364. The maximum Gasteiger partial charge on any atom is 0.175 e. The topological polar surface area (TPSA) is 46.2 Å².